The monoisotopic (exact) mass is 384 g/mol. The topological polar surface area (TPSA) is 69.7 Å². The van der Waals surface area contributed by atoms with Gasteiger partial charge in [0.2, 0.25) is 0 Å². The molecule has 0 N–H and O–H groups in total. The first-order chi connectivity index (χ1) is 10.4. The second kappa shape index (κ2) is 6.50. The lowest BCUT2D eigenvalue weighted by molar-refractivity contribution is 0.112. The van der Waals surface area contributed by atoms with E-state index in [2.05, 4.69) is 15.9 Å². The summed E-state index contributed by atoms with van der Waals surface area (Å²) in [6.07, 6.45) is 0.632. The fraction of sp³-hybridized carbons (Fsp3) is 0.133. The van der Waals surface area contributed by atoms with E-state index in [1.807, 2.05) is 0 Å². The van der Waals surface area contributed by atoms with Crippen molar-refractivity contribution in [3.63, 3.8) is 0 Å². The van der Waals surface area contributed by atoms with Crippen LogP contribution in [0.4, 0.5) is 0 Å². The molecule has 116 valence electrons. The maximum atomic E-state index is 12.4. The Bertz CT molecular complexity index is 815. The van der Waals surface area contributed by atoms with E-state index in [0.29, 0.717) is 21.9 Å². The molecule has 0 radical (unpaired) electrons. The van der Waals surface area contributed by atoms with Crippen LogP contribution in [0, 0.1) is 6.92 Å². The quantitative estimate of drug-likeness (QED) is 0.583. The summed E-state index contributed by atoms with van der Waals surface area (Å²) in [5, 5.41) is 0. The number of methoxy groups -OCH3 is 1. The third-order valence-electron chi connectivity index (χ3n) is 2.94. The average Bonchev–Trinajstić information content (AvgIpc) is 2.49. The number of rotatable bonds is 5. The van der Waals surface area contributed by atoms with Gasteiger partial charge in [0, 0.05) is 5.56 Å². The molecule has 7 heteroatoms. The van der Waals surface area contributed by atoms with Crippen LogP contribution in [0.5, 0.6) is 11.5 Å². The first-order valence-corrected chi connectivity index (χ1v) is 8.42. The van der Waals surface area contributed by atoms with Crippen LogP contribution in [-0.4, -0.2) is 21.8 Å². The van der Waals surface area contributed by atoms with E-state index in [1.165, 1.54) is 25.3 Å². The van der Waals surface area contributed by atoms with Crippen LogP contribution in [0.15, 0.2) is 45.8 Å². The third kappa shape index (κ3) is 3.31. The molecule has 0 bridgehead atoms. The molecule has 0 unspecified atom stereocenters. The van der Waals surface area contributed by atoms with Gasteiger partial charge in [-0.25, -0.2) is 0 Å². The van der Waals surface area contributed by atoms with Crippen molar-refractivity contribution in [1.29, 1.82) is 0 Å². The van der Waals surface area contributed by atoms with Gasteiger partial charge in [-0.1, -0.05) is 18.2 Å². The molecule has 0 aromatic heterocycles. The molecule has 0 amide bonds. The van der Waals surface area contributed by atoms with Gasteiger partial charge in [-0.2, -0.15) is 8.42 Å². The first-order valence-electron chi connectivity index (χ1n) is 6.22. The van der Waals surface area contributed by atoms with E-state index >= 15 is 0 Å². The molecule has 22 heavy (non-hydrogen) atoms. The van der Waals surface area contributed by atoms with Crippen LogP contribution in [0.2, 0.25) is 0 Å². The van der Waals surface area contributed by atoms with Crippen molar-refractivity contribution in [2.24, 2.45) is 0 Å². The average molecular weight is 385 g/mol. The number of hydrogen-bond donors (Lipinski definition) is 0. The standard InChI is InChI=1S/C15H13BrO5S/c1-10-5-3-4-6-14(10)22(18,19)21-15-12(16)7-11(9-17)8-13(15)20-2/h3-9H,1-2H3. The summed E-state index contributed by atoms with van der Waals surface area (Å²) in [6, 6.07) is 9.36. The highest BCUT2D eigenvalue weighted by Gasteiger charge is 2.23. The van der Waals surface area contributed by atoms with E-state index in [9.17, 15) is 13.2 Å². The zero-order chi connectivity index (χ0) is 16.3. The molecule has 0 atom stereocenters. The van der Waals surface area contributed by atoms with Crippen LogP contribution >= 0.6 is 15.9 Å². The Labute approximate surface area is 137 Å². The van der Waals surface area contributed by atoms with Gasteiger partial charge in [-0.05, 0) is 46.6 Å². The van der Waals surface area contributed by atoms with Gasteiger partial charge in [0.05, 0.1) is 11.6 Å². The summed E-state index contributed by atoms with van der Waals surface area (Å²) in [5.74, 6) is 0.144. The minimum absolute atomic E-state index is 0.00338. The van der Waals surface area contributed by atoms with Crippen LogP contribution in [-0.2, 0) is 10.1 Å². The van der Waals surface area contributed by atoms with Gasteiger partial charge in [0.15, 0.2) is 11.5 Å². The number of halogens is 1. The lowest BCUT2D eigenvalue weighted by Crippen LogP contribution is -2.12. The highest BCUT2D eigenvalue weighted by molar-refractivity contribution is 9.10. The largest absolute Gasteiger partial charge is 0.493 e. The number of carbonyl (C=O) groups is 1. The SMILES string of the molecule is COc1cc(C=O)cc(Br)c1OS(=O)(=O)c1ccccc1C. The molecule has 2 rings (SSSR count). The molecule has 0 spiro atoms. The number of carbonyl (C=O) groups excluding carboxylic acids is 1. The molecule has 0 saturated heterocycles. The maximum absolute atomic E-state index is 12.4. The number of hydrogen-bond acceptors (Lipinski definition) is 5. The summed E-state index contributed by atoms with van der Waals surface area (Å²) in [7, 11) is -2.65. The van der Waals surface area contributed by atoms with E-state index < -0.39 is 10.1 Å². The second-order valence-electron chi connectivity index (χ2n) is 4.45. The van der Waals surface area contributed by atoms with E-state index in [-0.39, 0.29) is 16.4 Å². The van der Waals surface area contributed by atoms with Crippen LogP contribution in [0.1, 0.15) is 15.9 Å². The molecular formula is C15H13BrO5S. The highest BCUT2D eigenvalue weighted by atomic mass is 79.9. The van der Waals surface area contributed by atoms with Gasteiger partial charge >= 0.3 is 10.1 Å². The summed E-state index contributed by atoms with van der Waals surface area (Å²) in [4.78, 5) is 10.9. The smallest absolute Gasteiger partial charge is 0.339 e. The molecule has 0 aliphatic carbocycles. The van der Waals surface area contributed by atoms with Crippen molar-refractivity contribution in [1.82, 2.24) is 0 Å². The Morgan fingerprint density at radius 2 is 1.86 bits per heavy atom. The van der Waals surface area contributed by atoms with E-state index in [0.717, 1.165) is 0 Å². The minimum atomic E-state index is -4.02. The van der Waals surface area contributed by atoms with Gasteiger partial charge in [0.25, 0.3) is 0 Å². The molecule has 0 fully saturated rings. The summed E-state index contributed by atoms with van der Waals surface area (Å²) < 4.78 is 35.5. The number of aryl methyl sites for hydroxylation is 1. The van der Waals surface area contributed by atoms with Crippen LogP contribution in [0.25, 0.3) is 0 Å². The zero-order valence-electron chi connectivity index (χ0n) is 11.9. The molecular weight excluding hydrogens is 372 g/mol. The lowest BCUT2D eigenvalue weighted by Gasteiger charge is -2.14. The van der Waals surface area contributed by atoms with Crippen molar-refractivity contribution in [3.8, 4) is 11.5 Å². The fourth-order valence-electron chi connectivity index (χ4n) is 1.88. The zero-order valence-corrected chi connectivity index (χ0v) is 14.3. The molecule has 0 saturated carbocycles. The van der Waals surface area contributed by atoms with E-state index in [4.69, 9.17) is 8.92 Å². The third-order valence-corrected chi connectivity index (χ3v) is 4.92. The molecule has 0 aliphatic heterocycles. The minimum Gasteiger partial charge on any atom is -0.493 e. The van der Waals surface area contributed by atoms with Crippen molar-refractivity contribution >= 4 is 32.3 Å². The number of ether oxygens (including phenoxy) is 1. The Hall–Kier alpha value is -1.86. The normalized spacial score (nSPS) is 11.0. The van der Waals surface area contributed by atoms with Crippen molar-refractivity contribution in [2.75, 3.05) is 7.11 Å². The first kappa shape index (κ1) is 16.5. The van der Waals surface area contributed by atoms with Gasteiger partial charge in [-0.3, -0.25) is 4.79 Å². The number of benzene rings is 2. The predicted octanol–water partition coefficient (Wildman–Crippen LogP) is 3.35. The second-order valence-corrected chi connectivity index (χ2v) is 6.82. The molecule has 0 aliphatic rings. The van der Waals surface area contributed by atoms with E-state index in [1.54, 1.807) is 25.1 Å². The fourth-order valence-corrected chi connectivity index (χ4v) is 3.72. The van der Waals surface area contributed by atoms with Crippen molar-refractivity contribution < 1.29 is 22.1 Å². The van der Waals surface area contributed by atoms with Crippen LogP contribution in [0.3, 0.4) is 0 Å². The van der Waals surface area contributed by atoms with Gasteiger partial charge < -0.3 is 8.92 Å². The van der Waals surface area contributed by atoms with Crippen molar-refractivity contribution in [2.45, 2.75) is 11.8 Å². The van der Waals surface area contributed by atoms with Gasteiger partial charge in [-0.15, -0.1) is 0 Å². The lowest BCUT2D eigenvalue weighted by atomic mass is 10.2. The summed E-state index contributed by atoms with van der Waals surface area (Å²) in [5.41, 5.74) is 0.909. The number of aldehydes is 1. The molecule has 2 aromatic carbocycles. The maximum Gasteiger partial charge on any atom is 0.339 e. The van der Waals surface area contributed by atoms with Gasteiger partial charge in [0.1, 0.15) is 11.2 Å². The Balaban J connectivity index is 2.51. The Kier molecular flexibility index (Phi) is 4.87. The van der Waals surface area contributed by atoms with Crippen LogP contribution < -0.4 is 8.92 Å². The summed E-state index contributed by atoms with van der Waals surface area (Å²) >= 11 is 3.20. The highest BCUT2D eigenvalue weighted by Crippen LogP contribution is 2.38. The molecule has 2 aromatic rings. The molecule has 0 heterocycles. The predicted molar refractivity (Wildman–Crippen MR) is 85.1 cm³/mol. The molecule has 5 nitrogen and oxygen atoms in total. The Morgan fingerprint density at radius 3 is 2.45 bits per heavy atom. The summed E-state index contributed by atoms with van der Waals surface area (Å²) in [6.45, 7) is 1.68. The Morgan fingerprint density at radius 1 is 1.18 bits per heavy atom. The van der Waals surface area contributed by atoms with Crippen molar-refractivity contribution in [3.05, 3.63) is 52.0 Å².